The number of benzene rings is 2. The van der Waals surface area contributed by atoms with Gasteiger partial charge in [0.1, 0.15) is 19.5 Å². The van der Waals surface area contributed by atoms with E-state index < -0.39 is 10.2 Å². The van der Waals surface area contributed by atoms with E-state index in [0.717, 1.165) is 10.5 Å². The Labute approximate surface area is 284 Å². The molecule has 2 heterocycles. The molecule has 0 amide bonds. The number of nitrogens with zero attached hydrogens (tertiary/aromatic N) is 5. The summed E-state index contributed by atoms with van der Waals surface area (Å²) in [6, 6.07) is 16.3. The number of rotatable bonds is 13. The van der Waals surface area contributed by atoms with Crippen molar-refractivity contribution in [2.45, 2.75) is 65.8 Å². The fraction of sp³-hybridized carbons (Fsp3) is 0.394. The van der Waals surface area contributed by atoms with Crippen LogP contribution in [0.5, 0.6) is 11.9 Å². The average molecular weight is 691 g/mol. The molecule has 0 saturated carbocycles. The molecule has 0 unspecified atom stereocenters. The van der Waals surface area contributed by atoms with E-state index in [1.165, 1.54) is 42.3 Å². The van der Waals surface area contributed by atoms with Crippen molar-refractivity contribution in [1.82, 2.24) is 24.2 Å². The highest BCUT2D eigenvalue weighted by atomic mass is 35.5. The summed E-state index contributed by atoms with van der Waals surface area (Å²) in [4.78, 5) is 17.7. The standard InChI is InChI=1S/C25H25ClN6O4S2.C4H10.2C2H6/c1-32(16-18-6-4-3-5-7-18)38(33,34)31-23-22(19-8-10-20(26)11-9-19)24(30-17-29-23)35-12-13-36-25-27-14-21(37-2)15-28-25;1-3-4-2;2*1-2/h3-11,14-15,17H,12-13,16H2,1-2H3,(H,29,30,31);3-4H2,1-2H3;2*1-2H3. The molecule has 0 spiro atoms. The van der Waals surface area contributed by atoms with Gasteiger partial charge >= 0.3 is 16.2 Å². The second-order valence-corrected chi connectivity index (χ2v) is 12.0. The van der Waals surface area contributed by atoms with Crippen LogP contribution in [0.3, 0.4) is 0 Å². The maximum atomic E-state index is 13.2. The Balaban J connectivity index is 0.00000121. The van der Waals surface area contributed by atoms with Gasteiger partial charge in [-0.25, -0.2) is 19.9 Å². The lowest BCUT2D eigenvalue weighted by Gasteiger charge is -2.20. The van der Waals surface area contributed by atoms with Gasteiger partial charge in [0.25, 0.3) is 0 Å². The number of aromatic nitrogens is 4. The number of hydrogen-bond donors (Lipinski definition) is 1. The first-order valence-corrected chi connectivity index (χ1v) is 18.3. The SMILES string of the molecule is CC.CC.CCCC.CSc1cnc(OCCOc2ncnc(NS(=O)(=O)N(C)Cc3ccccc3)c2-c2ccc(Cl)cc2)nc1. The molecule has 0 saturated heterocycles. The third-order valence-corrected chi connectivity index (χ3v) is 8.06. The number of anilines is 1. The molecule has 10 nitrogen and oxygen atoms in total. The minimum absolute atomic E-state index is 0.0640. The Morgan fingerprint density at radius 2 is 1.43 bits per heavy atom. The first kappa shape index (κ1) is 40.6. The van der Waals surface area contributed by atoms with Crippen molar-refractivity contribution >= 4 is 39.4 Å². The van der Waals surface area contributed by atoms with Crippen molar-refractivity contribution in [3.63, 3.8) is 0 Å². The molecule has 0 atom stereocenters. The first-order valence-electron chi connectivity index (χ1n) is 15.3. The second-order valence-electron chi connectivity index (χ2n) is 8.86. The molecule has 252 valence electrons. The molecule has 46 heavy (non-hydrogen) atoms. The minimum atomic E-state index is -3.97. The summed E-state index contributed by atoms with van der Waals surface area (Å²) in [7, 11) is -2.48. The number of hydrogen-bond acceptors (Lipinski definition) is 9. The van der Waals surface area contributed by atoms with Gasteiger partial charge in [0, 0.05) is 35.9 Å². The summed E-state index contributed by atoms with van der Waals surface area (Å²) in [6.07, 6.45) is 9.14. The molecular formula is C33H47ClN6O4S2. The van der Waals surface area contributed by atoms with Crippen LogP contribution in [0.4, 0.5) is 5.82 Å². The van der Waals surface area contributed by atoms with E-state index in [4.69, 9.17) is 21.1 Å². The van der Waals surface area contributed by atoms with Crippen LogP contribution >= 0.6 is 23.4 Å². The summed E-state index contributed by atoms with van der Waals surface area (Å²) in [6.45, 7) is 12.8. The Morgan fingerprint density at radius 1 is 0.848 bits per heavy atom. The number of nitrogens with one attached hydrogen (secondary N) is 1. The molecule has 0 fully saturated rings. The summed E-state index contributed by atoms with van der Waals surface area (Å²) in [5, 5.41) is 0.527. The highest BCUT2D eigenvalue weighted by Crippen LogP contribution is 2.35. The van der Waals surface area contributed by atoms with Gasteiger partial charge in [0.05, 0.1) is 5.56 Å². The summed E-state index contributed by atoms with van der Waals surface area (Å²) in [5.74, 6) is 0.238. The lowest BCUT2D eigenvalue weighted by Crippen LogP contribution is -2.32. The Bertz CT molecular complexity index is 1480. The summed E-state index contributed by atoms with van der Waals surface area (Å²) in [5.41, 5.74) is 1.82. The van der Waals surface area contributed by atoms with Crippen LogP contribution in [0, 0.1) is 0 Å². The summed E-state index contributed by atoms with van der Waals surface area (Å²) < 4.78 is 41.6. The van der Waals surface area contributed by atoms with Gasteiger partial charge in [-0.15, -0.1) is 11.8 Å². The predicted molar refractivity (Wildman–Crippen MR) is 191 cm³/mol. The molecule has 0 aliphatic carbocycles. The van der Waals surface area contributed by atoms with Crippen molar-refractivity contribution in [1.29, 1.82) is 0 Å². The van der Waals surface area contributed by atoms with Crippen molar-refractivity contribution in [2.24, 2.45) is 0 Å². The largest absolute Gasteiger partial charge is 0.473 e. The van der Waals surface area contributed by atoms with E-state index in [9.17, 15) is 8.42 Å². The van der Waals surface area contributed by atoms with Gasteiger partial charge < -0.3 is 9.47 Å². The normalized spacial score (nSPS) is 10.3. The van der Waals surface area contributed by atoms with E-state index in [-0.39, 0.29) is 37.5 Å². The molecule has 0 bridgehead atoms. The van der Waals surface area contributed by atoms with Gasteiger partial charge in [-0.3, -0.25) is 4.72 Å². The van der Waals surface area contributed by atoms with Crippen LogP contribution < -0.4 is 14.2 Å². The van der Waals surface area contributed by atoms with Crippen LogP contribution in [0.15, 0.2) is 78.2 Å². The van der Waals surface area contributed by atoms with Gasteiger partial charge in [-0.2, -0.15) is 12.7 Å². The second kappa shape index (κ2) is 23.0. The van der Waals surface area contributed by atoms with Crippen molar-refractivity contribution < 1.29 is 17.9 Å². The molecular weight excluding hydrogens is 644 g/mol. The van der Waals surface area contributed by atoms with Crippen LogP contribution in [-0.2, 0) is 16.8 Å². The predicted octanol–water partition coefficient (Wildman–Crippen LogP) is 8.41. The zero-order valence-corrected chi connectivity index (χ0v) is 30.4. The van der Waals surface area contributed by atoms with Crippen molar-refractivity contribution in [3.05, 3.63) is 83.9 Å². The van der Waals surface area contributed by atoms with Crippen LogP contribution in [0.2, 0.25) is 5.02 Å². The van der Waals surface area contributed by atoms with E-state index in [1.54, 1.807) is 36.7 Å². The van der Waals surface area contributed by atoms with Gasteiger partial charge in [-0.1, -0.05) is 108 Å². The monoisotopic (exact) mass is 690 g/mol. The van der Waals surface area contributed by atoms with Gasteiger partial charge in [-0.05, 0) is 29.5 Å². The van der Waals surface area contributed by atoms with Crippen LogP contribution in [0.1, 0.15) is 59.9 Å². The van der Waals surface area contributed by atoms with Gasteiger partial charge in [0.15, 0.2) is 5.82 Å². The fourth-order valence-electron chi connectivity index (χ4n) is 3.31. The quantitative estimate of drug-likeness (QED) is 0.109. The average Bonchev–Trinajstić information content (AvgIpc) is 3.09. The third-order valence-electron chi connectivity index (χ3n) is 5.72. The van der Waals surface area contributed by atoms with E-state index in [0.29, 0.717) is 16.1 Å². The lowest BCUT2D eigenvalue weighted by atomic mass is 10.1. The Hall–Kier alpha value is -3.45. The zero-order chi connectivity index (χ0) is 34.4. The highest BCUT2D eigenvalue weighted by Gasteiger charge is 2.23. The van der Waals surface area contributed by atoms with Crippen molar-refractivity contribution in [2.75, 3.05) is 31.2 Å². The molecule has 4 aromatic rings. The van der Waals surface area contributed by atoms with E-state index in [2.05, 4.69) is 38.5 Å². The maximum Gasteiger partial charge on any atom is 0.316 e. The molecule has 4 rings (SSSR count). The molecule has 2 aromatic carbocycles. The topological polar surface area (TPSA) is 119 Å². The molecule has 2 aromatic heterocycles. The summed E-state index contributed by atoms with van der Waals surface area (Å²) >= 11 is 7.60. The maximum absolute atomic E-state index is 13.2. The molecule has 0 aliphatic heterocycles. The third kappa shape index (κ3) is 13.9. The van der Waals surface area contributed by atoms with E-state index in [1.807, 2.05) is 64.3 Å². The first-order chi connectivity index (χ1) is 22.3. The fourth-order valence-corrected chi connectivity index (χ4v) is 4.63. The number of unbranched alkanes of at least 4 members (excludes halogenated alkanes) is 1. The molecule has 0 aliphatic rings. The lowest BCUT2D eigenvalue weighted by molar-refractivity contribution is 0.201. The van der Waals surface area contributed by atoms with Crippen molar-refractivity contribution in [3.8, 4) is 23.0 Å². The van der Waals surface area contributed by atoms with Crippen LogP contribution in [0.25, 0.3) is 11.1 Å². The number of halogens is 1. The molecule has 1 N–H and O–H groups in total. The van der Waals surface area contributed by atoms with Gasteiger partial charge in [0.2, 0.25) is 5.88 Å². The Morgan fingerprint density at radius 3 is 2.00 bits per heavy atom. The Kier molecular flexibility index (Phi) is 20.3. The highest BCUT2D eigenvalue weighted by molar-refractivity contribution is 7.98. The van der Waals surface area contributed by atoms with E-state index >= 15 is 0 Å². The molecule has 13 heteroatoms. The molecule has 0 radical (unpaired) electrons. The minimum Gasteiger partial charge on any atom is -0.473 e. The zero-order valence-electron chi connectivity index (χ0n) is 28.0. The number of thioether (sulfide) groups is 1. The van der Waals surface area contributed by atoms with Crippen LogP contribution in [-0.4, -0.2) is 59.2 Å². The number of ether oxygens (including phenoxy) is 2. The smallest absolute Gasteiger partial charge is 0.316 e.